The Bertz CT molecular complexity index is 228. The molecule has 0 spiro atoms. The number of terminal acetylenes is 1. The Balaban J connectivity index is 4.25. The van der Waals surface area contributed by atoms with Crippen LogP contribution in [0.5, 0.6) is 0 Å². The Morgan fingerprint density at radius 2 is 2.21 bits per heavy atom. The van der Waals surface area contributed by atoms with Crippen molar-refractivity contribution in [1.82, 2.24) is 5.32 Å². The Labute approximate surface area is 86.4 Å². The minimum Gasteiger partial charge on any atom is -0.340 e. The lowest BCUT2D eigenvalue weighted by atomic mass is 10.00. The van der Waals surface area contributed by atoms with E-state index in [-0.39, 0.29) is 11.8 Å². The Morgan fingerprint density at radius 1 is 1.64 bits per heavy atom. The summed E-state index contributed by atoms with van der Waals surface area (Å²) in [5, 5.41) is 2.79. The van der Waals surface area contributed by atoms with Gasteiger partial charge in [0.1, 0.15) is 0 Å². The predicted octanol–water partition coefficient (Wildman–Crippen LogP) is 0.889. The summed E-state index contributed by atoms with van der Waals surface area (Å²) in [6.45, 7) is 6.00. The molecule has 0 saturated carbocycles. The van der Waals surface area contributed by atoms with Gasteiger partial charge in [-0.2, -0.15) is 0 Å². The molecule has 0 fully saturated rings. The molecule has 1 unspecified atom stereocenters. The van der Waals surface area contributed by atoms with Crippen LogP contribution in [0.1, 0.15) is 33.6 Å². The van der Waals surface area contributed by atoms with E-state index in [1.807, 2.05) is 6.92 Å². The molecule has 0 rings (SSSR count). The van der Waals surface area contributed by atoms with Gasteiger partial charge in [0.15, 0.2) is 0 Å². The van der Waals surface area contributed by atoms with E-state index in [0.29, 0.717) is 6.54 Å². The molecular weight excluding hydrogens is 176 g/mol. The lowest BCUT2D eigenvalue weighted by molar-refractivity contribution is -0.126. The molecule has 0 aromatic carbocycles. The number of hydrogen-bond donors (Lipinski definition) is 2. The van der Waals surface area contributed by atoms with E-state index in [1.54, 1.807) is 13.8 Å². The van der Waals surface area contributed by atoms with Crippen molar-refractivity contribution in [3.8, 4) is 12.3 Å². The van der Waals surface area contributed by atoms with Crippen LogP contribution in [-0.2, 0) is 4.79 Å². The molecule has 14 heavy (non-hydrogen) atoms. The van der Waals surface area contributed by atoms with Crippen molar-refractivity contribution < 1.29 is 4.79 Å². The normalized spacial score (nSPS) is 13.1. The number of rotatable bonds is 5. The average molecular weight is 196 g/mol. The van der Waals surface area contributed by atoms with Crippen molar-refractivity contribution in [3.63, 3.8) is 0 Å². The van der Waals surface area contributed by atoms with Crippen LogP contribution in [0.25, 0.3) is 0 Å². The summed E-state index contributed by atoms with van der Waals surface area (Å²) in [6, 6.07) is 0. The quantitative estimate of drug-likeness (QED) is 0.642. The third kappa shape index (κ3) is 4.29. The molecule has 0 aliphatic heterocycles. The standard InChI is InChI=1S/C11H20N2O/c1-5-7-9(8-12)10(14)13-11(3,4)6-2/h2,9H,5,7-8,12H2,1,3-4H3,(H,13,14). The smallest absolute Gasteiger partial charge is 0.225 e. The number of carbonyl (C=O) groups excluding carboxylic acids is 1. The van der Waals surface area contributed by atoms with Crippen LogP contribution < -0.4 is 11.1 Å². The zero-order chi connectivity index (χ0) is 11.2. The maximum absolute atomic E-state index is 11.7. The van der Waals surface area contributed by atoms with E-state index < -0.39 is 5.54 Å². The fourth-order valence-corrected chi connectivity index (χ4v) is 1.15. The molecule has 3 nitrogen and oxygen atoms in total. The molecule has 0 bridgehead atoms. The summed E-state index contributed by atoms with van der Waals surface area (Å²) in [6.07, 6.45) is 7.03. The molecule has 0 saturated heterocycles. The minimum atomic E-state index is -0.585. The molecule has 0 aliphatic carbocycles. The van der Waals surface area contributed by atoms with Gasteiger partial charge in [-0.05, 0) is 20.3 Å². The third-order valence-electron chi connectivity index (χ3n) is 2.09. The van der Waals surface area contributed by atoms with Crippen molar-refractivity contribution in [2.75, 3.05) is 6.54 Å². The first-order valence-corrected chi connectivity index (χ1v) is 4.96. The van der Waals surface area contributed by atoms with Gasteiger partial charge in [-0.25, -0.2) is 0 Å². The van der Waals surface area contributed by atoms with E-state index in [1.165, 1.54) is 0 Å². The van der Waals surface area contributed by atoms with Crippen molar-refractivity contribution in [3.05, 3.63) is 0 Å². The molecule has 3 heteroatoms. The highest BCUT2D eigenvalue weighted by atomic mass is 16.2. The van der Waals surface area contributed by atoms with Gasteiger partial charge in [0.25, 0.3) is 0 Å². The first-order valence-electron chi connectivity index (χ1n) is 4.96. The van der Waals surface area contributed by atoms with E-state index in [2.05, 4.69) is 11.2 Å². The lowest BCUT2D eigenvalue weighted by Crippen LogP contribution is -2.46. The summed E-state index contributed by atoms with van der Waals surface area (Å²) in [7, 11) is 0. The molecule has 80 valence electrons. The largest absolute Gasteiger partial charge is 0.340 e. The highest BCUT2D eigenvalue weighted by Crippen LogP contribution is 2.07. The van der Waals surface area contributed by atoms with Gasteiger partial charge in [-0.1, -0.05) is 19.3 Å². The van der Waals surface area contributed by atoms with Crippen LogP contribution in [0.15, 0.2) is 0 Å². The second-order valence-electron chi connectivity index (χ2n) is 3.98. The van der Waals surface area contributed by atoms with Crippen LogP contribution in [0.4, 0.5) is 0 Å². The zero-order valence-electron chi connectivity index (χ0n) is 9.26. The van der Waals surface area contributed by atoms with Gasteiger partial charge >= 0.3 is 0 Å². The summed E-state index contributed by atoms with van der Waals surface area (Å²) in [5.41, 5.74) is 4.92. The molecule has 0 aromatic rings. The third-order valence-corrected chi connectivity index (χ3v) is 2.09. The highest BCUT2D eigenvalue weighted by molar-refractivity contribution is 5.80. The zero-order valence-corrected chi connectivity index (χ0v) is 9.26. The topological polar surface area (TPSA) is 55.1 Å². The van der Waals surface area contributed by atoms with E-state index in [9.17, 15) is 4.79 Å². The SMILES string of the molecule is C#CC(C)(C)NC(=O)C(CN)CCC. The van der Waals surface area contributed by atoms with Gasteiger partial charge in [-0.15, -0.1) is 6.42 Å². The summed E-state index contributed by atoms with van der Waals surface area (Å²) >= 11 is 0. The fourth-order valence-electron chi connectivity index (χ4n) is 1.15. The van der Waals surface area contributed by atoms with Crippen molar-refractivity contribution >= 4 is 5.91 Å². The predicted molar refractivity (Wildman–Crippen MR) is 58.5 cm³/mol. The summed E-state index contributed by atoms with van der Waals surface area (Å²) in [4.78, 5) is 11.7. The average Bonchev–Trinajstić information content (AvgIpc) is 2.13. The molecule has 0 heterocycles. The van der Waals surface area contributed by atoms with Crippen molar-refractivity contribution in [2.24, 2.45) is 11.7 Å². The molecule has 1 amide bonds. The van der Waals surface area contributed by atoms with Crippen molar-refractivity contribution in [2.45, 2.75) is 39.2 Å². The number of hydrogen-bond acceptors (Lipinski definition) is 2. The van der Waals surface area contributed by atoms with Crippen molar-refractivity contribution in [1.29, 1.82) is 0 Å². The maximum atomic E-state index is 11.7. The molecule has 0 aliphatic rings. The Hall–Kier alpha value is -1.01. The van der Waals surface area contributed by atoms with Gasteiger partial charge in [0.05, 0.1) is 11.5 Å². The number of nitrogens with one attached hydrogen (secondary N) is 1. The van der Waals surface area contributed by atoms with E-state index in [4.69, 9.17) is 12.2 Å². The first kappa shape index (κ1) is 13.0. The number of carbonyl (C=O) groups is 1. The first-order chi connectivity index (χ1) is 6.46. The minimum absolute atomic E-state index is 0.0442. The Morgan fingerprint density at radius 3 is 2.57 bits per heavy atom. The summed E-state index contributed by atoms with van der Waals surface area (Å²) < 4.78 is 0. The highest BCUT2D eigenvalue weighted by Gasteiger charge is 2.22. The summed E-state index contributed by atoms with van der Waals surface area (Å²) in [5.74, 6) is 2.36. The molecule has 1 atom stereocenters. The van der Waals surface area contributed by atoms with E-state index >= 15 is 0 Å². The molecule has 3 N–H and O–H groups in total. The lowest BCUT2D eigenvalue weighted by Gasteiger charge is -2.23. The second-order valence-corrected chi connectivity index (χ2v) is 3.98. The fraction of sp³-hybridized carbons (Fsp3) is 0.727. The molecular formula is C11H20N2O. The van der Waals surface area contributed by atoms with Crippen LogP contribution in [0.3, 0.4) is 0 Å². The van der Waals surface area contributed by atoms with Gasteiger partial charge < -0.3 is 11.1 Å². The number of amides is 1. The second kappa shape index (κ2) is 5.66. The van der Waals surface area contributed by atoms with Crippen LogP contribution in [0, 0.1) is 18.3 Å². The van der Waals surface area contributed by atoms with Gasteiger partial charge in [-0.3, -0.25) is 4.79 Å². The number of nitrogens with two attached hydrogens (primary N) is 1. The Kier molecular flexibility index (Phi) is 5.26. The van der Waals surface area contributed by atoms with Gasteiger partial charge in [0, 0.05) is 6.54 Å². The maximum Gasteiger partial charge on any atom is 0.225 e. The van der Waals surface area contributed by atoms with E-state index in [0.717, 1.165) is 12.8 Å². The van der Waals surface area contributed by atoms with Crippen LogP contribution >= 0.6 is 0 Å². The van der Waals surface area contributed by atoms with Gasteiger partial charge in [0.2, 0.25) is 5.91 Å². The molecule has 0 aromatic heterocycles. The molecule has 0 radical (unpaired) electrons. The monoisotopic (exact) mass is 196 g/mol. The van der Waals surface area contributed by atoms with Crippen LogP contribution in [0.2, 0.25) is 0 Å². The van der Waals surface area contributed by atoms with Crippen LogP contribution in [-0.4, -0.2) is 18.0 Å².